The van der Waals surface area contributed by atoms with E-state index in [-0.39, 0.29) is 11.6 Å². The van der Waals surface area contributed by atoms with E-state index in [1.54, 1.807) is 6.08 Å². The zero-order chi connectivity index (χ0) is 21.1. The van der Waals surface area contributed by atoms with E-state index in [2.05, 4.69) is 43.5 Å². The molecular weight excluding hydrogens is 581 g/mol. The van der Waals surface area contributed by atoms with Gasteiger partial charge in [0.1, 0.15) is 12.4 Å². The van der Waals surface area contributed by atoms with E-state index in [0.717, 1.165) is 24.7 Å². The van der Waals surface area contributed by atoms with Gasteiger partial charge in [-0.15, -0.1) is 0 Å². The van der Waals surface area contributed by atoms with Gasteiger partial charge in [0.25, 0.3) is 0 Å². The molecule has 0 fully saturated rings. The molecule has 150 valence electrons. The van der Waals surface area contributed by atoms with Crippen molar-refractivity contribution >= 4 is 68.1 Å². The summed E-state index contributed by atoms with van der Waals surface area (Å²) in [7, 11) is 0. The van der Waals surface area contributed by atoms with Crippen LogP contribution in [0.5, 0.6) is 5.75 Å². The second-order valence-corrected chi connectivity index (χ2v) is 8.87. The highest BCUT2D eigenvalue weighted by molar-refractivity contribution is 14.1. The van der Waals surface area contributed by atoms with Crippen LogP contribution in [0.15, 0.2) is 81.9 Å². The minimum Gasteiger partial charge on any atom is -0.488 e. The molecule has 0 aliphatic carbocycles. The van der Waals surface area contributed by atoms with Gasteiger partial charge < -0.3 is 9.47 Å². The molecule has 1 heterocycles. The van der Waals surface area contributed by atoms with Crippen LogP contribution in [0.1, 0.15) is 16.7 Å². The zero-order valence-electron chi connectivity index (χ0n) is 15.4. The summed E-state index contributed by atoms with van der Waals surface area (Å²) in [5.74, 6) is 0.420. The SMILES string of the molecule is O=C1OC(c2ccc(I)c(Br)c2)=N/C1=C\c1ccccc1OCc1cccc(Cl)c1. The van der Waals surface area contributed by atoms with Crippen molar-refractivity contribution in [1.29, 1.82) is 0 Å². The van der Waals surface area contributed by atoms with Gasteiger partial charge >= 0.3 is 5.97 Å². The molecule has 0 radical (unpaired) electrons. The Morgan fingerprint density at radius 3 is 2.73 bits per heavy atom. The summed E-state index contributed by atoms with van der Waals surface area (Å²) >= 11 is 11.7. The van der Waals surface area contributed by atoms with Crippen LogP contribution in [0.3, 0.4) is 0 Å². The van der Waals surface area contributed by atoms with Gasteiger partial charge in [0.05, 0.1) is 0 Å². The third-order valence-corrected chi connectivity index (χ3v) is 6.85. The summed E-state index contributed by atoms with van der Waals surface area (Å²) in [5, 5.41) is 0.657. The number of aliphatic imine (C=N–C) groups is 1. The van der Waals surface area contributed by atoms with Crippen LogP contribution in [-0.2, 0) is 16.1 Å². The van der Waals surface area contributed by atoms with Crippen LogP contribution in [0.25, 0.3) is 6.08 Å². The highest BCUT2D eigenvalue weighted by Crippen LogP contribution is 2.27. The summed E-state index contributed by atoms with van der Waals surface area (Å²) in [6.45, 7) is 0.358. The second-order valence-electron chi connectivity index (χ2n) is 6.42. The van der Waals surface area contributed by atoms with Crippen molar-refractivity contribution in [3.05, 3.63) is 102 Å². The number of hydrogen-bond acceptors (Lipinski definition) is 4. The molecule has 0 N–H and O–H groups in total. The molecule has 4 nitrogen and oxygen atoms in total. The second kappa shape index (κ2) is 9.32. The highest BCUT2D eigenvalue weighted by atomic mass is 127. The third-order valence-electron chi connectivity index (χ3n) is 4.28. The van der Waals surface area contributed by atoms with Gasteiger partial charge in [-0.3, -0.25) is 0 Å². The summed E-state index contributed by atoms with van der Waals surface area (Å²) in [4.78, 5) is 16.8. The van der Waals surface area contributed by atoms with E-state index in [4.69, 9.17) is 21.1 Å². The first kappa shape index (κ1) is 21.1. The minimum absolute atomic E-state index is 0.221. The predicted octanol–water partition coefficient (Wildman–Crippen LogP) is 6.63. The van der Waals surface area contributed by atoms with E-state index >= 15 is 0 Å². The fraction of sp³-hybridized carbons (Fsp3) is 0.0435. The molecule has 0 aromatic heterocycles. The standard InChI is InChI=1S/C23H14BrClINO3/c24-18-11-16(8-9-19(18)26)22-27-20(23(28)30-22)12-15-5-1-2-7-21(15)29-13-14-4-3-6-17(25)10-14/h1-12H,13H2/b20-12-. The molecule has 0 bridgehead atoms. The smallest absolute Gasteiger partial charge is 0.363 e. The molecule has 7 heteroatoms. The maximum absolute atomic E-state index is 12.4. The Morgan fingerprint density at radius 2 is 1.93 bits per heavy atom. The molecule has 1 aliphatic heterocycles. The number of cyclic esters (lactones) is 1. The van der Waals surface area contributed by atoms with Crippen molar-refractivity contribution in [2.24, 2.45) is 4.99 Å². The Hall–Kier alpha value is -2.16. The summed E-state index contributed by atoms with van der Waals surface area (Å²) in [6.07, 6.45) is 1.67. The minimum atomic E-state index is -0.496. The number of benzene rings is 3. The molecule has 30 heavy (non-hydrogen) atoms. The summed E-state index contributed by atoms with van der Waals surface area (Å²) in [5.41, 5.74) is 2.64. The number of carbonyl (C=O) groups excluding carboxylic acids is 1. The van der Waals surface area contributed by atoms with Crippen molar-refractivity contribution in [2.45, 2.75) is 6.61 Å². The van der Waals surface area contributed by atoms with Crippen LogP contribution in [0.4, 0.5) is 0 Å². The van der Waals surface area contributed by atoms with Crippen LogP contribution in [-0.4, -0.2) is 11.9 Å². The van der Waals surface area contributed by atoms with Gasteiger partial charge in [-0.25, -0.2) is 9.79 Å². The number of esters is 1. The Kier molecular flexibility index (Phi) is 6.55. The number of hydrogen-bond donors (Lipinski definition) is 0. The van der Waals surface area contributed by atoms with Gasteiger partial charge in [-0.2, -0.15) is 0 Å². The van der Waals surface area contributed by atoms with Gasteiger partial charge in [0.15, 0.2) is 5.70 Å². The summed E-state index contributed by atoms with van der Waals surface area (Å²) in [6, 6.07) is 20.6. The Bertz CT molecular complexity index is 1190. The maximum Gasteiger partial charge on any atom is 0.363 e. The molecular formula is C23H14BrClINO3. The van der Waals surface area contributed by atoms with Crippen molar-refractivity contribution < 1.29 is 14.3 Å². The molecule has 1 aliphatic rings. The van der Waals surface area contributed by atoms with Gasteiger partial charge in [-0.1, -0.05) is 41.9 Å². The Balaban J connectivity index is 1.59. The Labute approximate surface area is 200 Å². The third kappa shape index (κ3) is 4.94. The average Bonchev–Trinajstić information content (AvgIpc) is 3.10. The normalized spacial score (nSPS) is 14.6. The molecule has 0 spiro atoms. The zero-order valence-corrected chi connectivity index (χ0v) is 19.9. The first-order valence-electron chi connectivity index (χ1n) is 8.94. The van der Waals surface area contributed by atoms with Crippen molar-refractivity contribution in [3.63, 3.8) is 0 Å². The number of carbonyl (C=O) groups is 1. The lowest BCUT2D eigenvalue weighted by Crippen LogP contribution is -2.05. The van der Waals surface area contributed by atoms with Crippen molar-refractivity contribution in [1.82, 2.24) is 0 Å². The molecule has 0 saturated carbocycles. The molecule has 0 atom stereocenters. The monoisotopic (exact) mass is 593 g/mol. The van der Waals surface area contributed by atoms with E-state index < -0.39 is 5.97 Å². The average molecular weight is 595 g/mol. The Morgan fingerprint density at radius 1 is 1.10 bits per heavy atom. The lowest BCUT2D eigenvalue weighted by atomic mass is 10.1. The highest BCUT2D eigenvalue weighted by Gasteiger charge is 2.25. The lowest BCUT2D eigenvalue weighted by Gasteiger charge is -2.09. The number of ether oxygens (including phenoxy) is 2. The van der Waals surface area contributed by atoms with Crippen LogP contribution in [0.2, 0.25) is 5.02 Å². The maximum atomic E-state index is 12.4. The van der Waals surface area contributed by atoms with Crippen LogP contribution >= 0.6 is 50.1 Å². The van der Waals surface area contributed by atoms with Crippen LogP contribution < -0.4 is 4.74 Å². The first-order valence-corrected chi connectivity index (χ1v) is 11.2. The number of rotatable bonds is 5. The number of para-hydroxylation sites is 1. The summed E-state index contributed by atoms with van der Waals surface area (Å²) < 4.78 is 13.3. The quantitative estimate of drug-likeness (QED) is 0.189. The van der Waals surface area contributed by atoms with Gasteiger partial charge in [0, 0.05) is 24.2 Å². The molecule has 4 rings (SSSR count). The number of halogens is 3. The van der Waals surface area contributed by atoms with Crippen LogP contribution in [0, 0.1) is 3.57 Å². The van der Waals surface area contributed by atoms with E-state index in [1.165, 1.54) is 0 Å². The first-order chi connectivity index (χ1) is 14.5. The van der Waals surface area contributed by atoms with Gasteiger partial charge in [-0.05, 0) is 86.6 Å². The fourth-order valence-electron chi connectivity index (χ4n) is 2.83. The van der Waals surface area contributed by atoms with Gasteiger partial charge in [0.2, 0.25) is 5.90 Å². The lowest BCUT2D eigenvalue weighted by molar-refractivity contribution is -0.129. The molecule has 3 aromatic rings. The number of nitrogens with zero attached hydrogens (tertiary/aromatic N) is 1. The largest absolute Gasteiger partial charge is 0.488 e. The van der Waals surface area contributed by atoms with E-state index in [0.29, 0.717) is 17.4 Å². The molecule has 3 aromatic carbocycles. The van der Waals surface area contributed by atoms with Crippen molar-refractivity contribution in [3.8, 4) is 5.75 Å². The fourth-order valence-corrected chi connectivity index (χ4v) is 3.76. The van der Waals surface area contributed by atoms with E-state index in [9.17, 15) is 4.79 Å². The van der Waals surface area contributed by atoms with E-state index in [1.807, 2.05) is 66.7 Å². The molecule has 0 unspecified atom stereocenters. The predicted molar refractivity (Wildman–Crippen MR) is 130 cm³/mol. The molecule has 0 saturated heterocycles. The molecule has 0 amide bonds. The topological polar surface area (TPSA) is 47.9 Å². The van der Waals surface area contributed by atoms with Crippen molar-refractivity contribution in [2.75, 3.05) is 0 Å².